The number of benzene rings is 1. The lowest BCUT2D eigenvalue weighted by molar-refractivity contribution is -0.144. The van der Waals surface area contributed by atoms with Crippen molar-refractivity contribution < 1.29 is 67.7 Å². The van der Waals surface area contributed by atoms with E-state index < -0.39 is 163 Å². The predicted molar refractivity (Wildman–Crippen MR) is 265 cm³/mol. The van der Waals surface area contributed by atoms with Crippen LogP contribution in [0.5, 0.6) is 5.75 Å². The maximum Gasteiger partial charge on any atom is 0.246 e. The molecule has 17 N–H and O–H groups in total. The van der Waals surface area contributed by atoms with Crippen molar-refractivity contribution in [3.8, 4) is 5.75 Å². The number of aromatic amines is 1. The molecule has 0 radical (unpaired) electrons. The molecule has 0 spiro atoms. The van der Waals surface area contributed by atoms with Gasteiger partial charge in [-0.25, -0.2) is 0 Å². The Kier molecular flexibility index (Phi) is 23.1. The Bertz CT molecular complexity index is 2290. The van der Waals surface area contributed by atoms with Crippen LogP contribution in [0.15, 0.2) is 17.2 Å². The number of nitrogens with two attached hydrogens (primary N) is 3. The number of carbonyl (C=O) groups excluding carboxylic acids is 8. The number of hydrogen-bond acceptors (Lipinski definition) is 17. The molecule has 25 nitrogen and oxygen atoms in total. The van der Waals surface area contributed by atoms with Gasteiger partial charge in [0.05, 0.1) is 80.2 Å². The molecule has 72 heavy (non-hydrogen) atoms. The molecule has 1 unspecified atom stereocenters. The summed E-state index contributed by atoms with van der Waals surface area (Å²) in [5.41, 5.74) is 18.1. The van der Waals surface area contributed by atoms with Crippen molar-refractivity contribution in [2.75, 3.05) is 58.0 Å². The molecule has 1 fully saturated rings. The fraction of sp³-hybridized carbons (Fsp3) is 0.644. The van der Waals surface area contributed by atoms with E-state index in [1.807, 2.05) is 0 Å². The Hall–Kier alpha value is -5.42. The monoisotopic (exact) mass is 1050 g/mol. The number of amides is 8. The minimum atomic E-state index is -2.33. The van der Waals surface area contributed by atoms with Gasteiger partial charge in [0.25, 0.3) is 0 Å². The number of aromatic nitrogens is 1. The number of aliphatic hydroxyl groups is 4. The number of thioether (sulfide) groups is 1. The second-order valence-corrected chi connectivity index (χ2v) is 20.5. The van der Waals surface area contributed by atoms with Crippen molar-refractivity contribution in [3.05, 3.63) is 23.3 Å². The van der Waals surface area contributed by atoms with Crippen LogP contribution in [0.3, 0.4) is 0 Å². The highest BCUT2D eigenvalue weighted by atomic mass is 32.2. The van der Waals surface area contributed by atoms with E-state index in [4.69, 9.17) is 21.9 Å². The van der Waals surface area contributed by atoms with Gasteiger partial charge in [-0.2, -0.15) is 11.8 Å². The van der Waals surface area contributed by atoms with Crippen molar-refractivity contribution in [1.82, 2.24) is 41.8 Å². The van der Waals surface area contributed by atoms with Crippen molar-refractivity contribution >= 4 is 80.7 Å². The smallest absolute Gasteiger partial charge is 0.246 e. The van der Waals surface area contributed by atoms with Crippen LogP contribution in [0, 0.1) is 11.8 Å². The van der Waals surface area contributed by atoms with Crippen LogP contribution in [0.25, 0.3) is 10.9 Å². The number of unbranched alkanes of at least 4 members (excludes halogenated alkanes) is 1. The third-order valence-electron chi connectivity index (χ3n) is 12.7. The van der Waals surface area contributed by atoms with Crippen LogP contribution in [0.4, 0.5) is 0 Å². The highest BCUT2D eigenvalue weighted by Gasteiger charge is 2.45. The highest BCUT2D eigenvalue weighted by Crippen LogP contribution is 2.36. The Morgan fingerprint density at radius 3 is 2.36 bits per heavy atom. The van der Waals surface area contributed by atoms with Crippen LogP contribution >= 0.6 is 11.8 Å². The molecular weight excluding hydrogens is 983 g/mol. The lowest BCUT2D eigenvalue weighted by Crippen LogP contribution is -2.61. The molecule has 0 aliphatic carbocycles. The van der Waals surface area contributed by atoms with Gasteiger partial charge in [0.1, 0.15) is 41.0 Å². The maximum atomic E-state index is 15.0. The van der Waals surface area contributed by atoms with Crippen molar-refractivity contribution in [2.45, 2.75) is 119 Å². The molecule has 402 valence electrons. The Morgan fingerprint density at radius 1 is 1.01 bits per heavy atom. The molecule has 11 atom stereocenters. The molecular formula is C45H71N11O14S2. The minimum Gasteiger partial charge on any atom is -0.496 e. The Balaban J connectivity index is 1.90. The van der Waals surface area contributed by atoms with Crippen molar-refractivity contribution in [2.24, 2.45) is 29.0 Å². The number of methoxy groups -OCH3 is 1. The van der Waals surface area contributed by atoms with E-state index in [0.717, 1.165) is 23.5 Å². The second kappa shape index (κ2) is 28.1. The standard InChI is InChI=1S/C45H71N11O14S2/c1-5-22(2)37(53-35(62)15-47)42(66)49-16-36(63)51-30-21-72(69)44-27(26-8-9-33(70-4)28(39(26)55-44)20-71-11-7-6-10-46)12-24(18-57)50-43(67)38(23(3)32(60)19-58)54-41(65)31-13-25(59)17-56(31)45(68)29(14-34(48)61)52-40(30)64/h8-9,22-25,29-32,37-38,55,57-60H,5-7,10-21,46-47H2,1-4H3,(H2,48,61)(H,49,66)(H,50,67)(H,51,63)(H,52,64)(H,53,62)(H,54,65)/t22-,23-,24-,25+,29-,30-,31+,32-,37+,38-,72?/m0/s1. The van der Waals surface area contributed by atoms with Crippen LogP contribution in [0.1, 0.15) is 64.0 Å². The maximum absolute atomic E-state index is 15.0. The van der Waals surface area contributed by atoms with Crippen LogP contribution < -0.4 is 53.8 Å². The number of carbonyl (C=O) groups is 8. The average molecular weight is 1050 g/mol. The molecule has 2 aromatic rings. The van der Waals surface area contributed by atoms with Gasteiger partial charge in [-0.05, 0) is 55.2 Å². The largest absolute Gasteiger partial charge is 0.496 e. The van der Waals surface area contributed by atoms with Gasteiger partial charge in [-0.1, -0.05) is 27.2 Å². The first-order chi connectivity index (χ1) is 34.2. The molecule has 0 saturated carbocycles. The third-order valence-corrected chi connectivity index (χ3v) is 15.2. The zero-order valence-electron chi connectivity index (χ0n) is 40.9. The van der Waals surface area contributed by atoms with Crippen LogP contribution in [-0.4, -0.2) is 188 Å². The second-order valence-electron chi connectivity index (χ2n) is 17.9. The number of rotatable bonds is 21. The summed E-state index contributed by atoms with van der Waals surface area (Å²) in [5.74, 6) is -8.32. The SMILES string of the molecule is CC[C@H](C)[C@@H](NC(=O)CN)C(=O)NCC(=O)N[C@H]1CS(=O)c2[nH]c3c(CSCCCCN)c(OC)ccc3c2C[C@@H](CO)NC(=O)[C@H]([C@@H](C)[C@@H](O)CO)NC(=O)[C@H]2C[C@@H](O)CN2C(=O)[C@H](CC(N)=O)NC1=O. The van der Waals surface area contributed by atoms with Crippen LogP contribution in [-0.2, 0) is 61.3 Å². The molecule has 27 heteroatoms. The summed E-state index contributed by atoms with van der Waals surface area (Å²) in [4.78, 5) is 113. The van der Waals surface area contributed by atoms with E-state index in [1.54, 1.807) is 37.7 Å². The molecule has 2 aliphatic rings. The van der Waals surface area contributed by atoms with E-state index in [-0.39, 0.29) is 23.4 Å². The number of hydrogen-bond donors (Lipinski definition) is 14. The number of nitrogens with zero attached hydrogens (tertiary/aromatic N) is 1. The summed E-state index contributed by atoms with van der Waals surface area (Å²) >= 11 is 1.58. The molecule has 4 rings (SSSR count). The van der Waals surface area contributed by atoms with E-state index >= 15 is 4.21 Å². The number of nitrogens with one attached hydrogen (secondary N) is 7. The van der Waals surface area contributed by atoms with Gasteiger partial charge in [0, 0.05) is 35.6 Å². The zero-order chi connectivity index (χ0) is 53.4. The normalized spacial score (nSPS) is 24.0. The first kappa shape index (κ1) is 59.1. The molecule has 1 saturated heterocycles. The molecule has 2 aliphatic heterocycles. The zero-order valence-corrected chi connectivity index (χ0v) is 42.5. The van der Waals surface area contributed by atoms with Gasteiger partial charge < -0.3 is 84.1 Å². The molecule has 3 heterocycles. The lowest BCUT2D eigenvalue weighted by atomic mass is 9.94. The number of ether oxygens (including phenoxy) is 1. The summed E-state index contributed by atoms with van der Waals surface area (Å²) in [6, 6.07) is -5.71. The van der Waals surface area contributed by atoms with E-state index in [9.17, 15) is 58.8 Å². The van der Waals surface area contributed by atoms with E-state index in [2.05, 4.69) is 36.9 Å². The van der Waals surface area contributed by atoms with Gasteiger partial charge >= 0.3 is 0 Å². The van der Waals surface area contributed by atoms with Gasteiger partial charge in [-0.15, -0.1) is 0 Å². The predicted octanol–water partition coefficient (Wildman–Crippen LogP) is -4.82. The first-order valence-corrected chi connectivity index (χ1v) is 26.2. The average Bonchev–Trinajstić information content (AvgIpc) is 3.94. The van der Waals surface area contributed by atoms with E-state index in [1.165, 1.54) is 14.0 Å². The van der Waals surface area contributed by atoms with Crippen LogP contribution in [0.2, 0.25) is 0 Å². The highest BCUT2D eigenvalue weighted by molar-refractivity contribution is 7.98. The molecule has 0 bridgehead atoms. The summed E-state index contributed by atoms with van der Waals surface area (Å²) in [7, 11) is -0.851. The number of primary amides is 1. The van der Waals surface area contributed by atoms with Crippen molar-refractivity contribution in [3.63, 3.8) is 0 Å². The van der Waals surface area contributed by atoms with Gasteiger partial charge in [0.15, 0.2) is 0 Å². The molecule has 1 aromatic heterocycles. The topological polar surface area (TPSA) is 413 Å². The first-order valence-electron chi connectivity index (χ1n) is 23.7. The Morgan fingerprint density at radius 2 is 1.74 bits per heavy atom. The minimum absolute atomic E-state index is 0.0126. The summed E-state index contributed by atoms with van der Waals surface area (Å²) in [6.07, 6.45) is -2.27. The van der Waals surface area contributed by atoms with Crippen molar-refractivity contribution in [1.29, 1.82) is 0 Å². The fourth-order valence-electron chi connectivity index (χ4n) is 8.41. The molecule has 1 aromatic carbocycles. The van der Waals surface area contributed by atoms with E-state index in [0.29, 0.717) is 40.9 Å². The quantitative estimate of drug-likeness (QED) is 0.0522. The summed E-state index contributed by atoms with van der Waals surface area (Å²) in [6.45, 7) is 2.16. The fourth-order valence-corrected chi connectivity index (χ4v) is 10.8. The third kappa shape index (κ3) is 15.5. The van der Waals surface area contributed by atoms with Gasteiger partial charge in [-0.3, -0.25) is 42.6 Å². The lowest BCUT2D eigenvalue weighted by Gasteiger charge is -2.32. The summed E-state index contributed by atoms with van der Waals surface area (Å²) < 4.78 is 20.7. The summed E-state index contributed by atoms with van der Waals surface area (Å²) in [5, 5.41) is 57.7. The number of H-pyrrole nitrogens is 1. The Labute approximate surface area is 423 Å². The van der Waals surface area contributed by atoms with Gasteiger partial charge in [0.2, 0.25) is 47.3 Å². The molecule has 8 amide bonds. The number of aliphatic hydroxyl groups excluding tert-OH is 4. The number of fused-ring (bicyclic) bond motifs is 4.